The number of nitrogens with zero attached hydrogens (tertiary/aromatic N) is 2. The Morgan fingerprint density at radius 3 is 1.04 bits per heavy atom. The molecule has 0 saturated heterocycles. The molecule has 2 aromatic heterocycles. The minimum Gasteiger partial charge on any atom is -0.255 e. The van der Waals surface area contributed by atoms with E-state index >= 15 is 0 Å². The first-order chi connectivity index (χ1) is 10.5. The van der Waals surface area contributed by atoms with Crippen LogP contribution in [0.15, 0.2) is 48.8 Å². The molecule has 119 valence electrons. The van der Waals surface area contributed by atoms with Crippen LogP contribution in [0.4, 0.5) is 0 Å². The van der Waals surface area contributed by atoms with Gasteiger partial charge < -0.3 is 0 Å². The molecule has 0 spiro atoms. The molecule has 0 amide bonds. The summed E-state index contributed by atoms with van der Waals surface area (Å²) >= 11 is 0. The van der Waals surface area contributed by atoms with Crippen LogP contribution >= 0.6 is 0 Å². The van der Waals surface area contributed by atoms with Crippen LogP contribution in [-0.4, -0.2) is 9.97 Å². The van der Waals surface area contributed by atoms with E-state index in [4.69, 9.17) is 0 Å². The smallest absolute Gasteiger partial charge is 0.255 e. The molecular formula is C20H23IrN2+3. The van der Waals surface area contributed by atoms with E-state index in [1.807, 2.05) is 36.4 Å². The van der Waals surface area contributed by atoms with E-state index in [0.29, 0.717) is 0 Å². The van der Waals surface area contributed by atoms with Gasteiger partial charge in [-0.15, -0.1) is 0 Å². The van der Waals surface area contributed by atoms with Gasteiger partial charge in [-0.2, -0.15) is 0 Å². The second-order valence-corrected chi connectivity index (χ2v) is 5.55. The van der Waals surface area contributed by atoms with Crippen molar-refractivity contribution in [1.82, 2.24) is 9.97 Å². The Labute approximate surface area is 154 Å². The van der Waals surface area contributed by atoms with Crippen molar-refractivity contribution in [3.05, 3.63) is 78.4 Å². The Kier molecular flexibility index (Phi) is 8.08. The third-order valence-corrected chi connectivity index (χ3v) is 4.40. The summed E-state index contributed by atoms with van der Waals surface area (Å²) in [5, 5.41) is 0. The van der Waals surface area contributed by atoms with Crippen LogP contribution in [0.3, 0.4) is 0 Å². The van der Waals surface area contributed by atoms with E-state index in [9.17, 15) is 0 Å². The molecule has 0 bridgehead atoms. The van der Waals surface area contributed by atoms with Gasteiger partial charge in [0.15, 0.2) is 0 Å². The van der Waals surface area contributed by atoms with Crippen LogP contribution in [-0.2, 0) is 20.1 Å². The summed E-state index contributed by atoms with van der Waals surface area (Å²) in [6.45, 7) is 11.0. The molecule has 0 unspecified atom stereocenters. The molecule has 2 nitrogen and oxygen atoms in total. The SMILES string of the molecule is C[C]1[C](C)[C](C)[C](C)[C]1C.[Ir+3].c1ccc(-c2ccccn2)nc1. The third kappa shape index (κ3) is 4.96. The molecule has 0 aliphatic heterocycles. The van der Waals surface area contributed by atoms with Crippen LogP contribution < -0.4 is 0 Å². The zero-order chi connectivity index (χ0) is 16.1. The quantitative estimate of drug-likeness (QED) is 0.563. The topological polar surface area (TPSA) is 25.8 Å². The van der Waals surface area contributed by atoms with Crippen LogP contribution in [0.25, 0.3) is 11.4 Å². The largest absolute Gasteiger partial charge is 3.00 e. The van der Waals surface area contributed by atoms with E-state index in [0.717, 1.165) is 11.4 Å². The monoisotopic (exact) mass is 484 g/mol. The van der Waals surface area contributed by atoms with Crippen molar-refractivity contribution in [1.29, 1.82) is 0 Å². The minimum absolute atomic E-state index is 0. The van der Waals surface area contributed by atoms with Crippen molar-refractivity contribution in [2.75, 3.05) is 0 Å². The first-order valence-electron chi connectivity index (χ1n) is 7.54. The molecule has 3 rings (SSSR count). The third-order valence-electron chi connectivity index (χ3n) is 4.40. The molecular weight excluding hydrogens is 460 g/mol. The van der Waals surface area contributed by atoms with E-state index < -0.39 is 0 Å². The van der Waals surface area contributed by atoms with Crippen LogP contribution in [0, 0.1) is 29.6 Å². The Balaban J connectivity index is 0.000000224. The number of rotatable bonds is 1. The second kappa shape index (κ2) is 9.30. The number of hydrogen-bond donors (Lipinski definition) is 0. The van der Waals surface area contributed by atoms with Crippen molar-refractivity contribution in [3.63, 3.8) is 0 Å². The maximum absolute atomic E-state index is 4.19. The Morgan fingerprint density at radius 2 is 0.826 bits per heavy atom. The van der Waals surface area contributed by atoms with Crippen LogP contribution in [0.5, 0.6) is 0 Å². The number of aromatic nitrogens is 2. The Morgan fingerprint density at radius 1 is 0.522 bits per heavy atom. The van der Waals surface area contributed by atoms with Gasteiger partial charge in [0.05, 0.1) is 11.4 Å². The predicted molar refractivity (Wildman–Crippen MR) is 92.1 cm³/mol. The van der Waals surface area contributed by atoms with Gasteiger partial charge in [0.25, 0.3) is 0 Å². The van der Waals surface area contributed by atoms with E-state index in [1.54, 1.807) is 12.4 Å². The molecule has 1 fully saturated rings. The van der Waals surface area contributed by atoms with Crippen molar-refractivity contribution in [2.45, 2.75) is 34.6 Å². The van der Waals surface area contributed by atoms with E-state index in [1.165, 1.54) is 29.6 Å². The predicted octanol–water partition coefficient (Wildman–Crippen LogP) is 5.11. The first-order valence-corrected chi connectivity index (χ1v) is 7.54. The normalized spacial score (nSPS) is 17.4. The van der Waals surface area contributed by atoms with Gasteiger partial charge in [0.1, 0.15) is 0 Å². The zero-order valence-corrected chi connectivity index (χ0v) is 16.7. The fourth-order valence-electron chi connectivity index (χ4n) is 2.43. The standard InChI is InChI=1S/C10H8N2.C10H15.Ir/c1-3-7-11-9(5-1)10-6-2-4-8-12-10;1-6-7(2)9(4)10(5)8(6)3;/h1-8H;1-5H3;/q;;+3. The molecule has 2 heterocycles. The molecule has 1 aliphatic carbocycles. The number of hydrogen-bond acceptors (Lipinski definition) is 2. The Hall–Kier alpha value is -1.05. The summed E-state index contributed by atoms with van der Waals surface area (Å²) in [7, 11) is 0. The maximum atomic E-state index is 4.19. The van der Waals surface area contributed by atoms with Gasteiger partial charge in [0, 0.05) is 12.4 Å². The van der Waals surface area contributed by atoms with Gasteiger partial charge in [-0.3, -0.25) is 9.97 Å². The Bertz CT molecular complexity index is 476. The van der Waals surface area contributed by atoms with Crippen molar-refractivity contribution >= 4 is 0 Å². The summed E-state index contributed by atoms with van der Waals surface area (Å²) in [6.07, 6.45) is 3.54. The first kappa shape index (κ1) is 20.0. The molecule has 0 N–H and O–H groups in total. The van der Waals surface area contributed by atoms with Gasteiger partial charge in [-0.1, -0.05) is 46.8 Å². The van der Waals surface area contributed by atoms with E-state index in [2.05, 4.69) is 44.6 Å². The molecule has 0 aromatic carbocycles. The molecule has 2 aromatic rings. The van der Waals surface area contributed by atoms with E-state index in [-0.39, 0.29) is 20.1 Å². The summed E-state index contributed by atoms with van der Waals surface area (Å²) in [6, 6.07) is 11.6. The summed E-state index contributed by atoms with van der Waals surface area (Å²) in [5.41, 5.74) is 1.83. The van der Waals surface area contributed by atoms with Crippen LogP contribution in [0.1, 0.15) is 34.6 Å². The molecule has 1 aliphatic rings. The summed E-state index contributed by atoms with van der Waals surface area (Å²) in [4.78, 5) is 8.37. The molecule has 0 atom stereocenters. The zero-order valence-electron chi connectivity index (χ0n) is 14.3. The summed E-state index contributed by atoms with van der Waals surface area (Å²) in [5.74, 6) is 7.34. The molecule has 5 radical (unpaired) electrons. The fourth-order valence-corrected chi connectivity index (χ4v) is 2.43. The van der Waals surface area contributed by atoms with Gasteiger partial charge in [-0.05, 0) is 53.9 Å². The van der Waals surface area contributed by atoms with Gasteiger partial charge >= 0.3 is 20.1 Å². The van der Waals surface area contributed by atoms with Gasteiger partial charge in [-0.25, -0.2) is 0 Å². The molecule has 1 saturated carbocycles. The van der Waals surface area contributed by atoms with Crippen molar-refractivity contribution in [3.8, 4) is 11.4 Å². The van der Waals surface area contributed by atoms with Crippen molar-refractivity contribution < 1.29 is 20.1 Å². The average molecular weight is 484 g/mol. The fraction of sp³-hybridized carbons (Fsp3) is 0.250. The number of pyridine rings is 2. The second-order valence-electron chi connectivity index (χ2n) is 5.55. The van der Waals surface area contributed by atoms with Crippen LogP contribution in [0.2, 0.25) is 0 Å². The maximum Gasteiger partial charge on any atom is 3.00 e. The van der Waals surface area contributed by atoms with Crippen molar-refractivity contribution in [2.24, 2.45) is 0 Å². The average Bonchev–Trinajstić information content (AvgIpc) is 2.75. The van der Waals surface area contributed by atoms with Gasteiger partial charge in [0.2, 0.25) is 0 Å². The minimum atomic E-state index is 0. The summed E-state index contributed by atoms with van der Waals surface area (Å²) < 4.78 is 0. The molecule has 23 heavy (non-hydrogen) atoms. The molecule has 3 heteroatoms.